The van der Waals surface area contributed by atoms with Gasteiger partial charge in [0.1, 0.15) is 6.10 Å². The van der Waals surface area contributed by atoms with Crippen LogP contribution in [0.15, 0.2) is 12.7 Å². The van der Waals surface area contributed by atoms with Crippen molar-refractivity contribution in [3.63, 3.8) is 0 Å². The number of methoxy groups -OCH3 is 1. The maximum Gasteiger partial charge on any atom is 0.327 e. The average molecular weight is 204 g/mol. The summed E-state index contributed by atoms with van der Waals surface area (Å²) in [5.74, 6) is -1.25. The lowest BCUT2D eigenvalue weighted by molar-refractivity contribution is -0.147. The van der Waals surface area contributed by atoms with Gasteiger partial charge in [0, 0.05) is 20.1 Å². The van der Waals surface area contributed by atoms with Gasteiger partial charge in [0.2, 0.25) is 0 Å². The van der Waals surface area contributed by atoms with Crippen molar-refractivity contribution in [3.8, 4) is 0 Å². The molecule has 82 valence electrons. The van der Waals surface area contributed by atoms with Crippen LogP contribution >= 0.6 is 0 Å². The van der Waals surface area contributed by atoms with Crippen molar-refractivity contribution in [2.75, 3.05) is 13.7 Å². The predicted octanol–water partition coefficient (Wildman–Crippen LogP) is 0.841. The fourth-order valence-corrected chi connectivity index (χ4v) is 0.552. The molecule has 5 heteroatoms. The Bertz CT molecular complexity index is 188. The maximum absolute atomic E-state index is 10.3. The molecule has 0 saturated heterocycles. The predicted molar refractivity (Wildman–Crippen MR) is 50.9 cm³/mol. The highest BCUT2D eigenvalue weighted by Gasteiger charge is 2.02. The summed E-state index contributed by atoms with van der Waals surface area (Å²) in [4.78, 5) is 19.5. The van der Waals surface area contributed by atoms with Crippen molar-refractivity contribution in [1.82, 2.24) is 0 Å². The Labute approximate surface area is 83.3 Å². The fraction of sp³-hybridized carbons (Fsp3) is 0.556. The first-order valence-corrected chi connectivity index (χ1v) is 3.95. The molecule has 1 unspecified atom stereocenters. The second-order valence-corrected chi connectivity index (χ2v) is 2.42. The minimum atomic E-state index is -0.981. The molecule has 0 bridgehead atoms. The zero-order valence-corrected chi connectivity index (χ0v) is 8.65. The molecule has 0 amide bonds. The van der Waals surface area contributed by atoms with Crippen molar-refractivity contribution in [3.05, 3.63) is 12.7 Å². The highest BCUT2D eigenvalue weighted by molar-refractivity contribution is 5.78. The number of carbonyl (C=O) groups excluding carboxylic acids is 1. The van der Waals surface area contributed by atoms with E-state index in [0.29, 0.717) is 6.61 Å². The second-order valence-electron chi connectivity index (χ2n) is 2.42. The molecule has 0 aromatic heterocycles. The van der Waals surface area contributed by atoms with Gasteiger partial charge in [-0.15, -0.1) is 0 Å². The number of esters is 1. The van der Waals surface area contributed by atoms with Crippen molar-refractivity contribution in [1.29, 1.82) is 0 Å². The van der Waals surface area contributed by atoms with Gasteiger partial charge in [-0.25, -0.2) is 4.79 Å². The van der Waals surface area contributed by atoms with Crippen LogP contribution in [-0.2, 0) is 19.1 Å². The largest absolute Gasteiger partial charge is 0.478 e. The summed E-state index contributed by atoms with van der Waals surface area (Å²) in [5, 5.41) is 7.60. The van der Waals surface area contributed by atoms with Gasteiger partial charge in [0.25, 0.3) is 0 Å². The highest BCUT2D eigenvalue weighted by atomic mass is 16.6. The van der Waals surface area contributed by atoms with E-state index in [9.17, 15) is 9.59 Å². The van der Waals surface area contributed by atoms with E-state index in [1.807, 2.05) is 0 Å². The van der Waals surface area contributed by atoms with Gasteiger partial charge in [-0.3, -0.25) is 4.79 Å². The summed E-state index contributed by atoms with van der Waals surface area (Å²) >= 11 is 0. The average Bonchev–Trinajstić information content (AvgIpc) is 2.04. The smallest absolute Gasteiger partial charge is 0.327 e. The molecular formula is C9H16O5. The van der Waals surface area contributed by atoms with Crippen LogP contribution in [0.1, 0.15) is 13.8 Å². The minimum absolute atomic E-state index is 0.132. The van der Waals surface area contributed by atoms with Gasteiger partial charge in [-0.1, -0.05) is 6.58 Å². The molecule has 5 nitrogen and oxygen atoms in total. The topological polar surface area (TPSA) is 72.8 Å². The number of ether oxygens (including phenoxy) is 2. The molecule has 0 aromatic carbocycles. The van der Waals surface area contributed by atoms with E-state index in [-0.39, 0.29) is 12.1 Å². The molecule has 14 heavy (non-hydrogen) atoms. The summed E-state index contributed by atoms with van der Waals surface area (Å²) in [7, 11) is 1.57. The molecule has 1 N–H and O–H groups in total. The van der Waals surface area contributed by atoms with Gasteiger partial charge < -0.3 is 14.6 Å². The SMILES string of the molecule is C=CC(=O)O.COCC(C)OC(C)=O. The monoisotopic (exact) mass is 204 g/mol. The molecular weight excluding hydrogens is 188 g/mol. The minimum Gasteiger partial charge on any atom is -0.478 e. The lowest BCUT2D eigenvalue weighted by Gasteiger charge is -2.08. The number of aliphatic carboxylic acids is 1. The summed E-state index contributed by atoms with van der Waals surface area (Å²) in [6, 6.07) is 0. The first-order valence-electron chi connectivity index (χ1n) is 3.95. The molecule has 0 aliphatic carbocycles. The molecule has 0 radical (unpaired) electrons. The van der Waals surface area contributed by atoms with E-state index >= 15 is 0 Å². The normalized spacial score (nSPS) is 10.5. The molecule has 0 fully saturated rings. The van der Waals surface area contributed by atoms with Gasteiger partial charge in [-0.05, 0) is 6.92 Å². The van der Waals surface area contributed by atoms with E-state index in [1.54, 1.807) is 14.0 Å². The van der Waals surface area contributed by atoms with Crippen LogP contribution in [0.3, 0.4) is 0 Å². The summed E-state index contributed by atoms with van der Waals surface area (Å²) in [5.41, 5.74) is 0. The second kappa shape index (κ2) is 9.73. The Morgan fingerprint density at radius 2 is 2.00 bits per heavy atom. The summed E-state index contributed by atoms with van der Waals surface area (Å²) < 4.78 is 9.45. The third kappa shape index (κ3) is 16.9. The number of hydrogen-bond donors (Lipinski definition) is 1. The maximum atomic E-state index is 10.3. The first-order chi connectivity index (χ1) is 6.43. The van der Waals surface area contributed by atoms with Crippen molar-refractivity contribution >= 4 is 11.9 Å². The van der Waals surface area contributed by atoms with Crippen molar-refractivity contribution in [2.45, 2.75) is 20.0 Å². The Balaban J connectivity index is 0. The lowest BCUT2D eigenvalue weighted by atomic mass is 10.4. The number of carboxylic acid groups (broad SMARTS) is 1. The van der Waals surface area contributed by atoms with Gasteiger partial charge in [-0.2, -0.15) is 0 Å². The highest BCUT2D eigenvalue weighted by Crippen LogP contribution is 1.90. The standard InChI is InChI=1S/C6H12O3.C3H4O2/c1-5(4-8-3)9-6(2)7;1-2-3(4)5/h5H,4H2,1-3H3;2H,1H2,(H,4,5). The van der Waals surface area contributed by atoms with E-state index in [2.05, 4.69) is 6.58 Å². The Hall–Kier alpha value is -1.36. The number of carbonyl (C=O) groups is 2. The molecule has 0 aromatic rings. The van der Waals surface area contributed by atoms with Crippen molar-refractivity contribution < 1.29 is 24.2 Å². The fourth-order valence-electron chi connectivity index (χ4n) is 0.552. The molecule has 0 rings (SSSR count). The van der Waals surface area contributed by atoms with E-state index in [0.717, 1.165) is 6.08 Å². The van der Waals surface area contributed by atoms with E-state index < -0.39 is 5.97 Å². The molecule has 0 saturated carbocycles. The van der Waals surface area contributed by atoms with Crippen LogP contribution in [0.25, 0.3) is 0 Å². The molecule has 0 aliphatic rings. The zero-order valence-electron chi connectivity index (χ0n) is 8.65. The van der Waals surface area contributed by atoms with Gasteiger partial charge in [0.15, 0.2) is 0 Å². The zero-order chi connectivity index (χ0) is 11.6. The molecule has 0 spiro atoms. The number of hydrogen-bond acceptors (Lipinski definition) is 4. The van der Waals surface area contributed by atoms with Crippen LogP contribution in [0, 0.1) is 0 Å². The van der Waals surface area contributed by atoms with Gasteiger partial charge >= 0.3 is 11.9 Å². The van der Waals surface area contributed by atoms with Crippen LogP contribution in [0.2, 0.25) is 0 Å². The van der Waals surface area contributed by atoms with Gasteiger partial charge in [0.05, 0.1) is 6.61 Å². The summed E-state index contributed by atoms with van der Waals surface area (Å²) in [6.45, 7) is 6.58. The Kier molecular flexibility index (Phi) is 10.5. The Morgan fingerprint density at radius 1 is 1.57 bits per heavy atom. The number of carboxylic acids is 1. The summed E-state index contributed by atoms with van der Waals surface area (Å²) in [6.07, 6.45) is 0.701. The van der Waals surface area contributed by atoms with Crippen LogP contribution in [0.4, 0.5) is 0 Å². The lowest BCUT2D eigenvalue weighted by Crippen LogP contribution is -2.17. The van der Waals surface area contributed by atoms with Crippen LogP contribution < -0.4 is 0 Å². The van der Waals surface area contributed by atoms with E-state index in [1.165, 1.54) is 6.92 Å². The first kappa shape index (κ1) is 15.1. The Morgan fingerprint density at radius 3 is 2.21 bits per heavy atom. The van der Waals surface area contributed by atoms with Crippen LogP contribution in [-0.4, -0.2) is 36.9 Å². The quantitative estimate of drug-likeness (QED) is 0.542. The molecule has 1 atom stereocenters. The van der Waals surface area contributed by atoms with E-state index in [4.69, 9.17) is 14.6 Å². The number of rotatable bonds is 4. The molecule has 0 aliphatic heterocycles. The third-order valence-electron chi connectivity index (χ3n) is 0.943. The van der Waals surface area contributed by atoms with Crippen molar-refractivity contribution in [2.24, 2.45) is 0 Å². The third-order valence-corrected chi connectivity index (χ3v) is 0.943. The molecule has 0 heterocycles. The van der Waals surface area contributed by atoms with Crippen LogP contribution in [0.5, 0.6) is 0 Å².